The summed E-state index contributed by atoms with van der Waals surface area (Å²) in [6.45, 7) is 0.484. The number of carbonyl (C=O) groups is 3. The fraction of sp³-hybridized carbons (Fsp3) is 0.625. The molecule has 0 saturated carbocycles. The van der Waals surface area contributed by atoms with Crippen molar-refractivity contribution in [3.05, 3.63) is 10.4 Å². The van der Waals surface area contributed by atoms with Gasteiger partial charge in [-0.3, -0.25) is 14.4 Å². The molecule has 0 aliphatic carbocycles. The Morgan fingerprint density at radius 3 is 2.62 bits per heavy atom. The van der Waals surface area contributed by atoms with Gasteiger partial charge in [-0.15, -0.1) is 0 Å². The summed E-state index contributed by atoms with van der Waals surface area (Å²) >= 11 is 0. The lowest BCUT2D eigenvalue weighted by Gasteiger charge is -2.02. The van der Waals surface area contributed by atoms with Crippen LogP contribution in [0.25, 0.3) is 10.4 Å². The Morgan fingerprint density at radius 1 is 1.38 bits per heavy atom. The van der Waals surface area contributed by atoms with Crippen LogP contribution in [0.4, 0.5) is 0 Å². The largest absolute Gasteiger partial charge is 0.359 e. The fourth-order valence-electron chi connectivity index (χ4n) is 0.809. The number of hydrogen-bond acceptors (Lipinski definition) is 4. The minimum atomic E-state index is -0.801. The smallest absolute Gasteiger partial charge is 0.287 e. The Morgan fingerprint density at radius 2 is 2.06 bits per heavy atom. The molecular weight excluding hydrogens is 214 g/mol. The van der Waals surface area contributed by atoms with E-state index in [2.05, 4.69) is 20.7 Å². The molecule has 88 valence electrons. The average Bonchev–Trinajstić information content (AvgIpc) is 2.28. The molecule has 0 aromatic carbocycles. The first kappa shape index (κ1) is 13.9. The zero-order valence-corrected chi connectivity index (χ0v) is 8.89. The van der Waals surface area contributed by atoms with Crippen LogP contribution in [0.1, 0.15) is 12.8 Å². The van der Waals surface area contributed by atoms with E-state index in [9.17, 15) is 14.4 Å². The van der Waals surface area contributed by atoms with Crippen molar-refractivity contribution >= 4 is 17.6 Å². The van der Waals surface area contributed by atoms with Crippen LogP contribution in [0.3, 0.4) is 0 Å². The highest BCUT2D eigenvalue weighted by atomic mass is 16.2. The lowest BCUT2D eigenvalue weighted by atomic mass is 10.2. The van der Waals surface area contributed by atoms with Gasteiger partial charge < -0.3 is 10.6 Å². The predicted octanol–water partition coefficient (Wildman–Crippen LogP) is -0.492. The highest BCUT2D eigenvalue weighted by molar-refractivity contribution is 6.39. The van der Waals surface area contributed by atoms with Crippen molar-refractivity contribution in [1.82, 2.24) is 10.6 Å². The number of nitrogens with zero attached hydrogens (tertiary/aromatic N) is 3. The van der Waals surface area contributed by atoms with Crippen LogP contribution in [-0.2, 0) is 14.4 Å². The van der Waals surface area contributed by atoms with Gasteiger partial charge in [-0.2, -0.15) is 0 Å². The maximum atomic E-state index is 11.1. The molecule has 0 aliphatic rings. The molecule has 0 aromatic heterocycles. The third kappa shape index (κ3) is 6.39. The second-order valence-corrected chi connectivity index (χ2v) is 2.84. The topological polar surface area (TPSA) is 124 Å². The summed E-state index contributed by atoms with van der Waals surface area (Å²) in [4.78, 5) is 35.5. The van der Waals surface area contributed by atoms with E-state index < -0.39 is 24.0 Å². The molecule has 0 rings (SSSR count). The highest BCUT2D eigenvalue weighted by Gasteiger charge is 2.15. The zero-order valence-electron chi connectivity index (χ0n) is 8.89. The second-order valence-electron chi connectivity index (χ2n) is 2.84. The van der Waals surface area contributed by atoms with Crippen molar-refractivity contribution in [1.29, 1.82) is 0 Å². The van der Waals surface area contributed by atoms with Gasteiger partial charge in [0.2, 0.25) is 11.7 Å². The van der Waals surface area contributed by atoms with Crippen molar-refractivity contribution in [2.45, 2.75) is 12.8 Å². The lowest BCUT2D eigenvalue weighted by Crippen LogP contribution is -2.35. The number of rotatable bonds is 7. The summed E-state index contributed by atoms with van der Waals surface area (Å²) in [5.74, 6) is -2.10. The molecule has 0 aliphatic heterocycles. The molecule has 8 heteroatoms. The van der Waals surface area contributed by atoms with Crippen LogP contribution >= 0.6 is 0 Å². The summed E-state index contributed by atoms with van der Waals surface area (Å²) in [6, 6.07) is 0. The first-order valence-electron chi connectivity index (χ1n) is 4.64. The summed E-state index contributed by atoms with van der Waals surface area (Å²) in [7, 11) is 1.38. The summed E-state index contributed by atoms with van der Waals surface area (Å²) < 4.78 is 0. The van der Waals surface area contributed by atoms with E-state index in [1.54, 1.807) is 0 Å². The minimum absolute atomic E-state index is 0.233. The van der Waals surface area contributed by atoms with Gasteiger partial charge >= 0.3 is 0 Å². The van der Waals surface area contributed by atoms with Crippen molar-refractivity contribution in [3.8, 4) is 0 Å². The fourth-order valence-corrected chi connectivity index (χ4v) is 0.809. The standard InChI is InChI=1S/C8H13N5O3/c1-10-7(15)5-6(14)8(16)11-3-2-4-12-13-9/h2-5H2,1H3,(H,10,15)(H,11,16). The molecule has 0 unspecified atom stereocenters. The van der Waals surface area contributed by atoms with E-state index >= 15 is 0 Å². The van der Waals surface area contributed by atoms with Gasteiger partial charge in [0.05, 0.1) is 6.42 Å². The third-order valence-corrected chi connectivity index (χ3v) is 1.64. The monoisotopic (exact) mass is 227 g/mol. The van der Waals surface area contributed by atoms with E-state index in [0.717, 1.165) is 0 Å². The Kier molecular flexibility index (Phi) is 7.17. The van der Waals surface area contributed by atoms with Gasteiger partial charge in [-0.25, -0.2) is 0 Å². The van der Waals surface area contributed by atoms with Gasteiger partial charge in [-0.05, 0) is 12.0 Å². The Bertz CT molecular complexity index is 322. The molecule has 2 N–H and O–H groups in total. The van der Waals surface area contributed by atoms with Crippen molar-refractivity contribution in [2.24, 2.45) is 5.11 Å². The van der Waals surface area contributed by atoms with E-state index in [1.165, 1.54) is 7.05 Å². The molecule has 2 amide bonds. The molecule has 0 radical (unpaired) electrons. The number of nitrogens with one attached hydrogen (secondary N) is 2. The Balaban J connectivity index is 3.75. The maximum absolute atomic E-state index is 11.1. The molecule has 0 atom stereocenters. The molecule has 0 fully saturated rings. The molecule has 0 spiro atoms. The lowest BCUT2D eigenvalue weighted by molar-refractivity contribution is -0.140. The van der Waals surface area contributed by atoms with Crippen molar-refractivity contribution in [3.63, 3.8) is 0 Å². The normalized spacial score (nSPS) is 8.81. The van der Waals surface area contributed by atoms with Crippen LogP contribution in [0.2, 0.25) is 0 Å². The molecule has 0 bridgehead atoms. The van der Waals surface area contributed by atoms with Gasteiger partial charge in [0.25, 0.3) is 5.91 Å². The summed E-state index contributed by atoms with van der Waals surface area (Å²) in [6.07, 6.45) is -0.0122. The minimum Gasteiger partial charge on any atom is -0.359 e. The number of Topliss-reactive ketones (excluding diaryl/α,β-unsaturated/α-hetero) is 1. The third-order valence-electron chi connectivity index (χ3n) is 1.64. The zero-order chi connectivity index (χ0) is 12.4. The van der Waals surface area contributed by atoms with Gasteiger partial charge in [0.1, 0.15) is 0 Å². The Labute approximate surface area is 92.0 Å². The predicted molar refractivity (Wildman–Crippen MR) is 55.3 cm³/mol. The first-order chi connectivity index (χ1) is 7.61. The number of carbonyl (C=O) groups excluding carboxylic acids is 3. The van der Waals surface area contributed by atoms with Gasteiger partial charge in [-0.1, -0.05) is 5.11 Å². The molecule has 16 heavy (non-hydrogen) atoms. The molecular formula is C8H13N5O3. The van der Waals surface area contributed by atoms with Crippen LogP contribution in [0.15, 0.2) is 5.11 Å². The maximum Gasteiger partial charge on any atom is 0.287 e. The van der Waals surface area contributed by atoms with Crippen molar-refractivity contribution < 1.29 is 14.4 Å². The van der Waals surface area contributed by atoms with Crippen LogP contribution in [0.5, 0.6) is 0 Å². The number of hydrogen-bond donors (Lipinski definition) is 2. The SMILES string of the molecule is CNC(=O)CC(=O)C(=O)NCCCN=[N+]=[N-]. The number of amides is 2. The van der Waals surface area contributed by atoms with Crippen LogP contribution in [-0.4, -0.2) is 37.7 Å². The average molecular weight is 227 g/mol. The summed E-state index contributed by atoms with van der Waals surface area (Å²) in [5.41, 5.74) is 7.96. The van der Waals surface area contributed by atoms with Crippen LogP contribution < -0.4 is 10.6 Å². The molecule has 0 heterocycles. The highest BCUT2D eigenvalue weighted by Crippen LogP contribution is 1.85. The van der Waals surface area contributed by atoms with Gasteiger partial charge in [0.15, 0.2) is 0 Å². The summed E-state index contributed by atoms with van der Waals surface area (Å²) in [5, 5.41) is 7.81. The van der Waals surface area contributed by atoms with Crippen molar-refractivity contribution in [2.75, 3.05) is 20.1 Å². The van der Waals surface area contributed by atoms with E-state index in [-0.39, 0.29) is 13.1 Å². The first-order valence-corrected chi connectivity index (χ1v) is 4.64. The van der Waals surface area contributed by atoms with Crippen LogP contribution in [0, 0.1) is 0 Å². The number of ketones is 1. The van der Waals surface area contributed by atoms with E-state index in [4.69, 9.17) is 5.53 Å². The van der Waals surface area contributed by atoms with Gasteiger partial charge in [0, 0.05) is 25.0 Å². The molecule has 0 saturated heterocycles. The van der Waals surface area contributed by atoms with E-state index in [1.807, 2.05) is 0 Å². The Hall–Kier alpha value is -2.08. The number of azide groups is 1. The molecule has 0 aromatic rings. The molecule has 8 nitrogen and oxygen atoms in total. The second kappa shape index (κ2) is 8.25. The van der Waals surface area contributed by atoms with E-state index in [0.29, 0.717) is 6.42 Å². The quantitative estimate of drug-likeness (QED) is 0.152.